The molecule has 0 aromatic heterocycles. The first-order valence-electron chi connectivity index (χ1n) is 8.23. The van der Waals surface area contributed by atoms with Crippen molar-refractivity contribution < 1.29 is 14.6 Å². The number of benzene rings is 1. The zero-order chi connectivity index (χ0) is 16.2. The molecule has 2 fully saturated rings. The van der Waals surface area contributed by atoms with Crippen LogP contribution < -0.4 is 15.4 Å². The van der Waals surface area contributed by atoms with Gasteiger partial charge >= 0.3 is 6.03 Å². The Kier molecular flexibility index (Phi) is 4.86. The molecule has 4 unspecified atom stereocenters. The Morgan fingerprint density at radius 1 is 1.39 bits per heavy atom. The number of carbonyl (C=O) groups is 1. The molecule has 1 aromatic carbocycles. The molecule has 2 aliphatic rings. The smallest absolute Gasteiger partial charge is 0.319 e. The highest BCUT2D eigenvalue weighted by atomic mass is 16.5. The maximum atomic E-state index is 12.3. The summed E-state index contributed by atoms with van der Waals surface area (Å²) in [4.78, 5) is 12.3. The van der Waals surface area contributed by atoms with Gasteiger partial charge < -0.3 is 20.5 Å². The van der Waals surface area contributed by atoms with E-state index in [9.17, 15) is 9.90 Å². The third-order valence-corrected chi connectivity index (χ3v) is 5.06. The van der Waals surface area contributed by atoms with Crippen molar-refractivity contribution in [1.82, 2.24) is 5.32 Å². The van der Waals surface area contributed by atoms with Gasteiger partial charge in [-0.3, -0.25) is 0 Å². The molecule has 2 saturated carbocycles. The van der Waals surface area contributed by atoms with Gasteiger partial charge in [0, 0.05) is 30.3 Å². The molecule has 0 saturated heterocycles. The standard InChI is InChI=1S/C18H24N2O3/c1-2-8-23-15-5-3-4-14(10-15)19-18(22)20-17-13-7-6-12(9-13)16(17)11-21/h2-5,10,12-13,16-17,21H,1,6-9,11H2,(H2,19,20,22). The van der Waals surface area contributed by atoms with Crippen LogP contribution in [0.1, 0.15) is 19.3 Å². The van der Waals surface area contributed by atoms with E-state index in [2.05, 4.69) is 17.2 Å². The number of fused-ring (bicyclic) bond motifs is 2. The van der Waals surface area contributed by atoms with Crippen molar-refractivity contribution in [3.63, 3.8) is 0 Å². The van der Waals surface area contributed by atoms with Crippen LogP contribution >= 0.6 is 0 Å². The van der Waals surface area contributed by atoms with Crippen LogP contribution in [-0.4, -0.2) is 30.4 Å². The van der Waals surface area contributed by atoms with Crippen molar-refractivity contribution in [2.24, 2.45) is 17.8 Å². The molecule has 0 radical (unpaired) electrons. The molecule has 0 spiro atoms. The highest BCUT2D eigenvalue weighted by molar-refractivity contribution is 5.89. The monoisotopic (exact) mass is 316 g/mol. The third kappa shape index (κ3) is 3.50. The Morgan fingerprint density at radius 3 is 3.00 bits per heavy atom. The number of ether oxygens (including phenoxy) is 1. The van der Waals surface area contributed by atoms with Gasteiger partial charge in [0.15, 0.2) is 0 Å². The van der Waals surface area contributed by atoms with Gasteiger partial charge in [0.05, 0.1) is 0 Å². The molecule has 2 amide bonds. The SMILES string of the molecule is C=CCOc1cccc(NC(=O)NC2C3CCC(C3)C2CO)c1. The van der Waals surface area contributed by atoms with Crippen molar-refractivity contribution in [2.45, 2.75) is 25.3 Å². The van der Waals surface area contributed by atoms with Gasteiger partial charge in [0.2, 0.25) is 0 Å². The molecule has 4 atom stereocenters. The molecular weight excluding hydrogens is 292 g/mol. The molecule has 2 aliphatic carbocycles. The van der Waals surface area contributed by atoms with E-state index in [0.717, 1.165) is 12.8 Å². The van der Waals surface area contributed by atoms with E-state index in [4.69, 9.17) is 4.74 Å². The topological polar surface area (TPSA) is 70.6 Å². The van der Waals surface area contributed by atoms with Gasteiger partial charge in [-0.15, -0.1) is 0 Å². The van der Waals surface area contributed by atoms with E-state index in [0.29, 0.717) is 29.9 Å². The van der Waals surface area contributed by atoms with E-state index >= 15 is 0 Å². The maximum absolute atomic E-state index is 12.3. The molecule has 5 nitrogen and oxygen atoms in total. The number of urea groups is 1. The molecule has 1 aromatic rings. The predicted octanol–water partition coefficient (Wildman–Crippen LogP) is 2.78. The summed E-state index contributed by atoms with van der Waals surface area (Å²) in [5.74, 6) is 1.95. The van der Waals surface area contributed by atoms with Crippen LogP contribution in [0, 0.1) is 17.8 Å². The average Bonchev–Trinajstić information content (AvgIpc) is 3.14. The lowest BCUT2D eigenvalue weighted by Gasteiger charge is -2.30. The number of aliphatic hydroxyl groups excluding tert-OH is 1. The molecule has 3 rings (SSSR count). The number of aliphatic hydroxyl groups is 1. The molecule has 5 heteroatoms. The molecule has 2 bridgehead atoms. The lowest BCUT2D eigenvalue weighted by atomic mass is 9.85. The minimum Gasteiger partial charge on any atom is -0.489 e. The molecule has 3 N–H and O–H groups in total. The number of anilines is 1. The van der Waals surface area contributed by atoms with E-state index < -0.39 is 0 Å². The first-order valence-corrected chi connectivity index (χ1v) is 8.23. The Bertz CT molecular complexity index is 575. The van der Waals surface area contributed by atoms with Crippen molar-refractivity contribution in [2.75, 3.05) is 18.5 Å². The summed E-state index contributed by atoms with van der Waals surface area (Å²) >= 11 is 0. The first-order chi connectivity index (χ1) is 11.2. The molecule has 0 aliphatic heterocycles. The van der Waals surface area contributed by atoms with E-state index in [1.165, 1.54) is 6.42 Å². The second-order valence-electron chi connectivity index (χ2n) is 6.43. The van der Waals surface area contributed by atoms with Gasteiger partial charge in [-0.05, 0) is 43.2 Å². The normalized spacial score (nSPS) is 28.4. The molecule has 0 heterocycles. The van der Waals surface area contributed by atoms with E-state index in [1.54, 1.807) is 12.1 Å². The number of nitrogens with one attached hydrogen (secondary N) is 2. The van der Waals surface area contributed by atoms with Crippen molar-refractivity contribution >= 4 is 11.7 Å². The van der Waals surface area contributed by atoms with Crippen LogP contribution in [0.3, 0.4) is 0 Å². The minimum absolute atomic E-state index is 0.0824. The fourth-order valence-electron chi connectivity index (χ4n) is 4.04. The summed E-state index contributed by atoms with van der Waals surface area (Å²) in [6.07, 6.45) is 5.13. The summed E-state index contributed by atoms with van der Waals surface area (Å²) in [5.41, 5.74) is 0.688. The van der Waals surface area contributed by atoms with Crippen molar-refractivity contribution in [1.29, 1.82) is 0 Å². The summed E-state index contributed by atoms with van der Waals surface area (Å²) in [6.45, 7) is 4.19. The van der Waals surface area contributed by atoms with E-state index in [1.807, 2.05) is 18.2 Å². The third-order valence-electron chi connectivity index (χ3n) is 5.06. The van der Waals surface area contributed by atoms with Crippen LogP contribution in [0.25, 0.3) is 0 Å². The van der Waals surface area contributed by atoms with E-state index in [-0.39, 0.29) is 24.6 Å². The Balaban J connectivity index is 1.58. The lowest BCUT2D eigenvalue weighted by molar-refractivity contribution is 0.146. The zero-order valence-electron chi connectivity index (χ0n) is 13.2. The Labute approximate surface area is 136 Å². The number of rotatable bonds is 6. The summed E-state index contributed by atoms with van der Waals surface area (Å²) in [7, 11) is 0. The van der Waals surface area contributed by atoms with Gasteiger partial charge in [-0.1, -0.05) is 18.7 Å². The largest absolute Gasteiger partial charge is 0.489 e. The summed E-state index contributed by atoms with van der Waals surface area (Å²) in [6, 6.07) is 7.14. The molecule has 124 valence electrons. The average molecular weight is 316 g/mol. The zero-order valence-corrected chi connectivity index (χ0v) is 13.2. The number of hydrogen-bond donors (Lipinski definition) is 3. The van der Waals surface area contributed by atoms with Gasteiger partial charge in [0.25, 0.3) is 0 Å². The van der Waals surface area contributed by atoms with Gasteiger partial charge in [0.1, 0.15) is 12.4 Å². The quantitative estimate of drug-likeness (QED) is 0.707. The second kappa shape index (κ2) is 7.04. The van der Waals surface area contributed by atoms with Crippen LogP contribution in [0.15, 0.2) is 36.9 Å². The van der Waals surface area contributed by atoms with Crippen LogP contribution in [0.4, 0.5) is 10.5 Å². The fraction of sp³-hybridized carbons (Fsp3) is 0.500. The number of hydrogen-bond acceptors (Lipinski definition) is 3. The van der Waals surface area contributed by atoms with Crippen molar-refractivity contribution in [3.05, 3.63) is 36.9 Å². The van der Waals surface area contributed by atoms with Gasteiger partial charge in [-0.25, -0.2) is 4.79 Å². The lowest BCUT2D eigenvalue weighted by Crippen LogP contribution is -2.46. The van der Waals surface area contributed by atoms with Crippen LogP contribution in [0.2, 0.25) is 0 Å². The number of carbonyl (C=O) groups excluding carboxylic acids is 1. The molecular formula is C18H24N2O3. The predicted molar refractivity (Wildman–Crippen MR) is 89.5 cm³/mol. The molecule has 23 heavy (non-hydrogen) atoms. The highest BCUT2D eigenvalue weighted by Crippen LogP contribution is 2.48. The maximum Gasteiger partial charge on any atom is 0.319 e. The van der Waals surface area contributed by atoms with Crippen molar-refractivity contribution in [3.8, 4) is 5.75 Å². The summed E-state index contributed by atoms with van der Waals surface area (Å²) < 4.78 is 5.46. The van der Waals surface area contributed by atoms with Gasteiger partial charge in [-0.2, -0.15) is 0 Å². The summed E-state index contributed by atoms with van der Waals surface area (Å²) in [5, 5.41) is 15.5. The Hall–Kier alpha value is -2.01. The van der Waals surface area contributed by atoms with Crippen LogP contribution in [-0.2, 0) is 0 Å². The first kappa shape index (κ1) is 15.9. The Morgan fingerprint density at radius 2 is 2.22 bits per heavy atom. The van der Waals surface area contributed by atoms with Crippen LogP contribution in [0.5, 0.6) is 5.75 Å². The second-order valence-corrected chi connectivity index (χ2v) is 6.43. The highest BCUT2D eigenvalue weighted by Gasteiger charge is 2.47. The minimum atomic E-state index is -0.220. The fourth-order valence-corrected chi connectivity index (χ4v) is 4.04. The number of amides is 2.